The average molecular weight is 705 g/mol. The normalized spacial score (nSPS) is 15.8. The zero-order chi connectivity index (χ0) is 37.7. The Labute approximate surface area is 290 Å². The summed E-state index contributed by atoms with van der Waals surface area (Å²) in [7, 11) is 1.07. The number of ether oxygens (including phenoxy) is 1. The molecule has 0 spiro atoms. The van der Waals surface area contributed by atoms with Crippen LogP contribution < -0.4 is 27.0 Å². The fraction of sp³-hybridized carbons (Fsp3) is 0.594. The van der Waals surface area contributed by atoms with Crippen molar-refractivity contribution in [2.24, 2.45) is 17.6 Å². The molecule has 1 heterocycles. The minimum absolute atomic E-state index is 0.0124. The summed E-state index contributed by atoms with van der Waals surface area (Å²) >= 11 is 0. The lowest BCUT2D eigenvalue weighted by Crippen LogP contribution is -2.61. The maximum Gasteiger partial charge on any atom is 0.325 e. The topological polar surface area (TPSA) is 252 Å². The SMILES string of the molecule is COC(=O)CN(C(=O)[C@H](CC(C)C)NC(=O)[C@@H](NC(=O)CN)Nc1ccc([N+](=O)[O-])cc1)C(=O)[C@H](CC(C)C)NC(=O)[C@@H]1CCCN1C(C)=O. The van der Waals surface area contributed by atoms with Crippen molar-refractivity contribution in [1.82, 2.24) is 25.8 Å². The third-order valence-corrected chi connectivity index (χ3v) is 7.79. The van der Waals surface area contributed by atoms with Crippen LogP contribution in [0.2, 0.25) is 0 Å². The van der Waals surface area contributed by atoms with E-state index in [4.69, 9.17) is 10.5 Å². The highest BCUT2D eigenvalue weighted by atomic mass is 16.6. The van der Waals surface area contributed by atoms with E-state index in [2.05, 4.69) is 21.3 Å². The molecule has 0 unspecified atom stereocenters. The molecule has 18 heteroatoms. The van der Waals surface area contributed by atoms with Gasteiger partial charge in [-0.15, -0.1) is 0 Å². The molecule has 0 aliphatic carbocycles. The van der Waals surface area contributed by atoms with Gasteiger partial charge in [-0.3, -0.25) is 48.6 Å². The molecule has 0 saturated carbocycles. The van der Waals surface area contributed by atoms with Crippen LogP contribution in [0.5, 0.6) is 0 Å². The lowest BCUT2D eigenvalue weighted by atomic mass is 9.99. The molecule has 50 heavy (non-hydrogen) atoms. The summed E-state index contributed by atoms with van der Waals surface area (Å²) < 4.78 is 4.76. The quantitative estimate of drug-likeness (QED) is 0.0622. The van der Waals surface area contributed by atoms with Gasteiger partial charge in [-0.2, -0.15) is 0 Å². The van der Waals surface area contributed by atoms with Gasteiger partial charge in [0.15, 0.2) is 6.17 Å². The first-order valence-corrected chi connectivity index (χ1v) is 16.3. The van der Waals surface area contributed by atoms with E-state index < -0.39 is 77.8 Å². The molecular weight excluding hydrogens is 656 g/mol. The Bertz CT molecular complexity index is 1420. The second-order valence-electron chi connectivity index (χ2n) is 12.7. The molecule has 18 nitrogen and oxygen atoms in total. The highest BCUT2D eigenvalue weighted by Crippen LogP contribution is 2.20. The number of hydrogen-bond acceptors (Lipinski definition) is 12. The summed E-state index contributed by atoms with van der Waals surface area (Å²) in [5, 5.41) is 21.4. The molecular formula is C32H48N8O10. The van der Waals surface area contributed by atoms with Gasteiger partial charge in [-0.25, -0.2) is 0 Å². The van der Waals surface area contributed by atoms with E-state index in [-0.39, 0.29) is 42.0 Å². The minimum Gasteiger partial charge on any atom is -0.468 e. The number of likely N-dealkylation sites (tertiary alicyclic amines) is 1. The van der Waals surface area contributed by atoms with Crippen molar-refractivity contribution in [2.75, 3.05) is 32.1 Å². The summed E-state index contributed by atoms with van der Waals surface area (Å²) in [6.07, 6.45) is -0.479. The number of anilines is 1. The monoisotopic (exact) mass is 704 g/mol. The lowest BCUT2D eigenvalue weighted by molar-refractivity contribution is -0.384. The van der Waals surface area contributed by atoms with E-state index in [0.29, 0.717) is 24.3 Å². The van der Waals surface area contributed by atoms with E-state index in [1.54, 1.807) is 27.7 Å². The van der Waals surface area contributed by atoms with Crippen LogP contribution in [0.1, 0.15) is 60.3 Å². The number of hydrogen-bond donors (Lipinski definition) is 5. The summed E-state index contributed by atoms with van der Waals surface area (Å²) in [6, 6.07) is 1.49. The van der Waals surface area contributed by atoms with Crippen molar-refractivity contribution < 1.29 is 43.2 Å². The van der Waals surface area contributed by atoms with Gasteiger partial charge in [0.2, 0.25) is 17.7 Å². The van der Waals surface area contributed by atoms with Crippen molar-refractivity contribution >= 4 is 52.8 Å². The van der Waals surface area contributed by atoms with Crippen LogP contribution in [0.25, 0.3) is 0 Å². The molecule has 276 valence electrons. The Morgan fingerprint density at radius 2 is 1.52 bits per heavy atom. The van der Waals surface area contributed by atoms with Crippen LogP contribution >= 0.6 is 0 Å². The second kappa shape index (κ2) is 19.2. The fourth-order valence-corrected chi connectivity index (χ4v) is 5.39. The van der Waals surface area contributed by atoms with Crippen molar-refractivity contribution in [3.8, 4) is 0 Å². The summed E-state index contributed by atoms with van der Waals surface area (Å²) in [5.41, 5.74) is 5.43. The van der Waals surface area contributed by atoms with E-state index >= 15 is 0 Å². The molecule has 0 radical (unpaired) electrons. The Morgan fingerprint density at radius 1 is 0.960 bits per heavy atom. The first kappa shape index (κ1) is 41.0. The first-order chi connectivity index (χ1) is 23.5. The van der Waals surface area contributed by atoms with Gasteiger partial charge in [-0.1, -0.05) is 27.7 Å². The number of nitro groups is 1. The number of benzene rings is 1. The molecule has 0 bridgehead atoms. The molecule has 1 aliphatic rings. The maximum atomic E-state index is 14.2. The van der Waals surface area contributed by atoms with Crippen LogP contribution in [0.3, 0.4) is 0 Å². The van der Waals surface area contributed by atoms with Crippen molar-refractivity contribution in [2.45, 2.75) is 84.6 Å². The highest BCUT2D eigenvalue weighted by molar-refractivity contribution is 6.05. The minimum atomic E-state index is -1.52. The van der Waals surface area contributed by atoms with Crippen molar-refractivity contribution in [1.29, 1.82) is 0 Å². The molecule has 1 aromatic rings. The number of amides is 6. The van der Waals surface area contributed by atoms with E-state index in [9.17, 15) is 43.7 Å². The van der Waals surface area contributed by atoms with Gasteiger partial charge >= 0.3 is 5.97 Å². The average Bonchev–Trinajstić information content (AvgIpc) is 3.56. The van der Waals surface area contributed by atoms with Crippen LogP contribution in [-0.4, -0.2) is 107 Å². The molecule has 6 amide bonds. The smallest absolute Gasteiger partial charge is 0.325 e. The standard InChI is InChI=1S/C32H48N8O10/c1-18(2)14-23(35-29(44)25-8-7-13-38(25)20(5)41)31(46)39(17-27(43)50-6)32(47)24(15-19(3)4)36-30(45)28(37-26(42)16-33)34-21-9-11-22(12-10-21)40(48)49/h9-12,18-19,23-25,28,34H,7-8,13-17,33H2,1-6H3,(H,35,44)(H,36,45)(H,37,42)/t23-,24-,25-,28+/m0/s1. The molecule has 1 aliphatic heterocycles. The first-order valence-electron chi connectivity index (χ1n) is 16.3. The van der Waals surface area contributed by atoms with Gasteiger partial charge in [0, 0.05) is 31.3 Å². The zero-order valence-electron chi connectivity index (χ0n) is 29.2. The van der Waals surface area contributed by atoms with Crippen LogP contribution in [-0.2, 0) is 38.3 Å². The van der Waals surface area contributed by atoms with E-state index in [1.165, 1.54) is 36.1 Å². The number of nitrogens with one attached hydrogen (secondary N) is 4. The summed E-state index contributed by atoms with van der Waals surface area (Å²) in [6.45, 7) is 7.51. The van der Waals surface area contributed by atoms with Crippen LogP contribution in [0, 0.1) is 22.0 Å². The Hall–Kier alpha value is -5.13. The number of nitrogens with two attached hydrogens (primary N) is 1. The lowest BCUT2D eigenvalue weighted by Gasteiger charge is -2.32. The molecule has 2 rings (SSSR count). The maximum absolute atomic E-state index is 14.2. The predicted molar refractivity (Wildman–Crippen MR) is 180 cm³/mol. The Morgan fingerprint density at radius 3 is 2.00 bits per heavy atom. The summed E-state index contributed by atoms with van der Waals surface area (Å²) in [4.78, 5) is 105. The van der Waals surface area contributed by atoms with Gasteiger partial charge in [0.25, 0.3) is 23.4 Å². The number of carbonyl (C=O) groups is 7. The molecule has 1 saturated heterocycles. The molecule has 1 fully saturated rings. The second-order valence-corrected chi connectivity index (χ2v) is 12.7. The molecule has 6 N–H and O–H groups in total. The number of rotatable bonds is 17. The van der Waals surface area contributed by atoms with E-state index in [1.807, 2.05) is 0 Å². The molecule has 1 aromatic carbocycles. The largest absolute Gasteiger partial charge is 0.468 e. The van der Waals surface area contributed by atoms with Crippen LogP contribution in [0.4, 0.5) is 11.4 Å². The van der Waals surface area contributed by atoms with E-state index in [0.717, 1.165) is 7.11 Å². The third kappa shape index (κ3) is 12.1. The molecule has 0 aromatic heterocycles. The summed E-state index contributed by atoms with van der Waals surface area (Å²) in [5.74, 6) is -5.77. The highest BCUT2D eigenvalue weighted by Gasteiger charge is 2.40. The number of esters is 1. The zero-order valence-corrected chi connectivity index (χ0v) is 29.2. The number of carbonyl (C=O) groups excluding carboxylic acids is 7. The number of methoxy groups -OCH3 is 1. The Balaban J connectivity index is 2.44. The van der Waals surface area contributed by atoms with Crippen molar-refractivity contribution in [3.05, 3.63) is 34.4 Å². The fourth-order valence-electron chi connectivity index (χ4n) is 5.39. The van der Waals surface area contributed by atoms with Gasteiger partial charge in [-0.05, 0) is 49.7 Å². The number of nitrogens with zero attached hydrogens (tertiary/aromatic N) is 3. The van der Waals surface area contributed by atoms with Crippen molar-refractivity contribution in [3.63, 3.8) is 0 Å². The number of imide groups is 1. The van der Waals surface area contributed by atoms with Crippen LogP contribution in [0.15, 0.2) is 24.3 Å². The predicted octanol–water partition coefficient (Wildman–Crippen LogP) is 0.00860. The molecule has 4 atom stereocenters. The third-order valence-electron chi connectivity index (χ3n) is 7.79. The van der Waals surface area contributed by atoms with Gasteiger partial charge in [0.1, 0.15) is 24.7 Å². The van der Waals surface area contributed by atoms with Gasteiger partial charge < -0.3 is 36.6 Å². The number of nitro benzene ring substituents is 1. The number of non-ortho nitro benzene ring substituents is 1. The van der Waals surface area contributed by atoms with Gasteiger partial charge in [0.05, 0.1) is 18.6 Å². The Kier molecular flexibility index (Phi) is 15.7.